The Labute approximate surface area is 85.1 Å². The maximum Gasteiger partial charge on any atom is 0.273 e. The van der Waals surface area contributed by atoms with E-state index in [1.807, 2.05) is 0 Å². The summed E-state index contributed by atoms with van der Waals surface area (Å²) >= 11 is 0. The van der Waals surface area contributed by atoms with E-state index in [1.165, 1.54) is 12.4 Å². The maximum absolute atomic E-state index is 10.7. The average molecular weight is 204 g/mol. The minimum absolute atomic E-state index is 0.105. The summed E-state index contributed by atoms with van der Waals surface area (Å²) in [5.41, 5.74) is 0.730. The first-order valence-corrected chi connectivity index (χ1v) is 4.34. The quantitative estimate of drug-likeness (QED) is 0.603. The van der Waals surface area contributed by atoms with Crippen LogP contribution in [0, 0.1) is 10.1 Å². The van der Waals surface area contributed by atoms with E-state index in [9.17, 15) is 10.1 Å². The summed E-state index contributed by atoms with van der Waals surface area (Å²) in [6.45, 7) is 0. The zero-order chi connectivity index (χ0) is 10.7. The minimum Gasteiger partial charge on any atom is -0.263 e. The lowest BCUT2D eigenvalue weighted by Gasteiger charge is -1.99. The molecule has 1 heterocycles. The Hall–Kier alpha value is -2.24. The van der Waals surface area contributed by atoms with Crippen molar-refractivity contribution >= 4 is 5.69 Å². The Morgan fingerprint density at radius 2 is 2.20 bits per heavy atom. The van der Waals surface area contributed by atoms with E-state index in [0.717, 1.165) is 0 Å². The molecular formula is C9H8N4O2. The van der Waals surface area contributed by atoms with E-state index in [0.29, 0.717) is 17.8 Å². The van der Waals surface area contributed by atoms with Gasteiger partial charge in [0.15, 0.2) is 0 Å². The van der Waals surface area contributed by atoms with Crippen LogP contribution >= 0.6 is 0 Å². The van der Waals surface area contributed by atoms with E-state index in [4.69, 9.17) is 0 Å². The highest BCUT2D eigenvalue weighted by molar-refractivity contribution is 5.41. The molecule has 0 aliphatic carbocycles. The van der Waals surface area contributed by atoms with Crippen LogP contribution in [0.3, 0.4) is 0 Å². The fourth-order valence-electron chi connectivity index (χ4n) is 1.33. The van der Waals surface area contributed by atoms with E-state index in [1.54, 1.807) is 18.2 Å². The molecule has 0 bridgehead atoms. The molecule has 0 unspecified atom stereocenters. The van der Waals surface area contributed by atoms with Crippen molar-refractivity contribution in [2.45, 2.75) is 6.42 Å². The van der Waals surface area contributed by atoms with Gasteiger partial charge in [-0.3, -0.25) is 15.2 Å². The number of hydrogen-bond donors (Lipinski definition) is 1. The molecule has 0 aliphatic heterocycles. The molecular weight excluding hydrogens is 196 g/mol. The number of para-hydroxylation sites is 1. The normalized spacial score (nSPS) is 10.1. The van der Waals surface area contributed by atoms with Gasteiger partial charge in [0.05, 0.1) is 4.92 Å². The lowest BCUT2D eigenvalue weighted by molar-refractivity contribution is -0.385. The number of nitro benzene ring substituents is 1. The molecule has 0 fully saturated rings. The highest BCUT2D eigenvalue weighted by atomic mass is 16.6. The standard InChI is InChI=1S/C9H8N4O2/c14-13(15)8-4-2-1-3-7(8)5-9-10-6-11-12-9/h1-4,6H,5H2,(H,10,11,12). The number of nitro groups is 1. The highest BCUT2D eigenvalue weighted by Gasteiger charge is 2.13. The van der Waals surface area contributed by atoms with Gasteiger partial charge in [-0.15, -0.1) is 0 Å². The second kappa shape index (κ2) is 3.87. The van der Waals surface area contributed by atoms with Crippen molar-refractivity contribution in [2.75, 3.05) is 0 Å². The molecule has 2 aromatic rings. The predicted molar refractivity (Wildman–Crippen MR) is 52.3 cm³/mol. The zero-order valence-corrected chi connectivity index (χ0v) is 7.75. The van der Waals surface area contributed by atoms with Gasteiger partial charge in [0.25, 0.3) is 5.69 Å². The lowest BCUT2D eigenvalue weighted by atomic mass is 10.1. The Morgan fingerprint density at radius 1 is 1.40 bits per heavy atom. The van der Waals surface area contributed by atoms with Gasteiger partial charge in [-0.1, -0.05) is 18.2 Å². The van der Waals surface area contributed by atoms with Crippen LogP contribution in [-0.2, 0) is 6.42 Å². The highest BCUT2D eigenvalue weighted by Crippen LogP contribution is 2.19. The molecule has 6 heteroatoms. The Morgan fingerprint density at radius 3 is 2.87 bits per heavy atom. The van der Waals surface area contributed by atoms with Gasteiger partial charge in [0, 0.05) is 18.1 Å². The van der Waals surface area contributed by atoms with Crippen LogP contribution in [0.25, 0.3) is 0 Å². The van der Waals surface area contributed by atoms with Gasteiger partial charge in [-0.2, -0.15) is 5.10 Å². The fraction of sp³-hybridized carbons (Fsp3) is 0.111. The van der Waals surface area contributed by atoms with E-state index in [2.05, 4.69) is 15.2 Å². The first kappa shape index (κ1) is 9.32. The SMILES string of the molecule is O=[N+]([O-])c1ccccc1Cc1ncn[nH]1. The molecule has 0 amide bonds. The van der Waals surface area contributed by atoms with Gasteiger partial charge in [-0.05, 0) is 0 Å². The van der Waals surface area contributed by atoms with Gasteiger partial charge in [0.2, 0.25) is 0 Å². The number of nitrogens with one attached hydrogen (secondary N) is 1. The predicted octanol–water partition coefficient (Wildman–Crippen LogP) is 1.30. The number of rotatable bonds is 3. The smallest absolute Gasteiger partial charge is 0.263 e. The molecule has 0 saturated heterocycles. The largest absolute Gasteiger partial charge is 0.273 e. The minimum atomic E-state index is -0.397. The summed E-state index contributed by atoms with van der Waals surface area (Å²) < 4.78 is 0. The van der Waals surface area contributed by atoms with Crippen molar-refractivity contribution in [3.63, 3.8) is 0 Å². The molecule has 6 nitrogen and oxygen atoms in total. The van der Waals surface area contributed by atoms with Crippen molar-refractivity contribution in [2.24, 2.45) is 0 Å². The number of aromatic amines is 1. The van der Waals surface area contributed by atoms with Gasteiger partial charge >= 0.3 is 0 Å². The molecule has 2 rings (SSSR count). The maximum atomic E-state index is 10.7. The molecule has 0 aliphatic rings. The van der Waals surface area contributed by atoms with Crippen LogP contribution in [0.1, 0.15) is 11.4 Å². The van der Waals surface area contributed by atoms with Gasteiger partial charge < -0.3 is 0 Å². The van der Waals surface area contributed by atoms with Gasteiger partial charge in [-0.25, -0.2) is 4.98 Å². The van der Waals surface area contributed by atoms with Crippen molar-refractivity contribution < 1.29 is 4.92 Å². The van der Waals surface area contributed by atoms with Crippen molar-refractivity contribution in [3.8, 4) is 0 Å². The topological polar surface area (TPSA) is 84.7 Å². The molecule has 0 radical (unpaired) electrons. The third-order valence-electron chi connectivity index (χ3n) is 2.01. The summed E-state index contributed by atoms with van der Waals surface area (Å²) in [5, 5.41) is 17.1. The van der Waals surface area contributed by atoms with Crippen LogP contribution in [0.4, 0.5) is 5.69 Å². The van der Waals surface area contributed by atoms with Crippen LogP contribution in [-0.4, -0.2) is 20.1 Å². The first-order valence-electron chi connectivity index (χ1n) is 4.34. The molecule has 0 spiro atoms. The van der Waals surface area contributed by atoms with Crippen molar-refractivity contribution in [1.29, 1.82) is 0 Å². The second-order valence-corrected chi connectivity index (χ2v) is 2.99. The average Bonchev–Trinajstić information content (AvgIpc) is 2.71. The van der Waals surface area contributed by atoms with E-state index in [-0.39, 0.29) is 5.69 Å². The van der Waals surface area contributed by atoms with Crippen LogP contribution in [0.15, 0.2) is 30.6 Å². The zero-order valence-electron chi connectivity index (χ0n) is 7.75. The Balaban J connectivity index is 2.32. The molecule has 15 heavy (non-hydrogen) atoms. The van der Waals surface area contributed by atoms with E-state index < -0.39 is 4.92 Å². The molecule has 76 valence electrons. The summed E-state index contributed by atoms with van der Waals surface area (Å²) in [6, 6.07) is 6.59. The third kappa shape index (κ3) is 1.98. The van der Waals surface area contributed by atoms with Crippen LogP contribution < -0.4 is 0 Å². The van der Waals surface area contributed by atoms with Crippen LogP contribution in [0.5, 0.6) is 0 Å². The lowest BCUT2D eigenvalue weighted by Crippen LogP contribution is -1.97. The van der Waals surface area contributed by atoms with Gasteiger partial charge in [0.1, 0.15) is 12.2 Å². The summed E-state index contributed by atoms with van der Waals surface area (Å²) in [4.78, 5) is 14.2. The van der Waals surface area contributed by atoms with Crippen LogP contribution in [0.2, 0.25) is 0 Å². The number of hydrogen-bond acceptors (Lipinski definition) is 4. The fourth-order valence-corrected chi connectivity index (χ4v) is 1.33. The molecule has 1 aromatic carbocycles. The first-order chi connectivity index (χ1) is 7.27. The Bertz CT molecular complexity index is 467. The third-order valence-corrected chi connectivity index (χ3v) is 2.01. The number of benzene rings is 1. The molecule has 1 aromatic heterocycles. The van der Waals surface area contributed by atoms with Crippen molar-refractivity contribution in [1.82, 2.24) is 15.2 Å². The summed E-state index contributed by atoms with van der Waals surface area (Å²) in [6.07, 6.45) is 1.77. The number of H-pyrrole nitrogens is 1. The Kier molecular flexibility index (Phi) is 2.40. The van der Waals surface area contributed by atoms with E-state index >= 15 is 0 Å². The number of nitrogens with zero attached hydrogens (tertiary/aromatic N) is 3. The monoisotopic (exact) mass is 204 g/mol. The van der Waals surface area contributed by atoms with Crippen molar-refractivity contribution in [3.05, 3.63) is 52.1 Å². The molecule has 0 saturated carbocycles. The summed E-state index contributed by atoms with van der Waals surface area (Å²) in [5.74, 6) is 0.615. The summed E-state index contributed by atoms with van der Waals surface area (Å²) in [7, 11) is 0. The molecule has 0 atom stereocenters. The molecule has 1 N–H and O–H groups in total. The second-order valence-electron chi connectivity index (χ2n) is 2.99. The number of aromatic nitrogens is 3.